The predicted octanol–water partition coefficient (Wildman–Crippen LogP) is 3.49. The third-order valence-corrected chi connectivity index (χ3v) is 4.68. The topological polar surface area (TPSA) is 73.1 Å². The molecule has 1 amide bonds. The van der Waals surface area contributed by atoms with E-state index in [1.54, 1.807) is 23.5 Å². The molecule has 3 rings (SSSR count). The summed E-state index contributed by atoms with van der Waals surface area (Å²) in [6.07, 6.45) is 4.78. The summed E-state index contributed by atoms with van der Waals surface area (Å²) in [6.45, 7) is 0. The van der Waals surface area contributed by atoms with Crippen molar-refractivity contribution in [3.05, 3.63) is 51.9 Å². The average molecular weight is 310 g/mol. The largest absolute Gasteiger partial charge is 0.508 e. The number of carbonyl (C=O) groups is 1. The molecular formula is C17H14N2O2S. The molecule has 0 saturated carbocycles. The predicted molar refractivity (Wildman–Crippen MR) is 86.7 cm³/mol. The van der Waals surface area contributed by atoms with E-state index in [4.69, 9.17) is 0 Å². The first-order chi connectivity index (χ1) is 10.7. The number of phenolic OH excluding ortho intramolecular Hbond substituents is 1. The van der Waals surface area contributed by atoms with Gasteiger partial charge in [0.05, 0.1) is 5.00 Å². The number of benzene rings is 1. The minimum Gasteiger partial charge on any atom is -0.508 e. The van der Waals surface area contributed by atoms with Gasteiger partial charge in [-0.05, 0) is 54.7 Å². The molecule has 1 heterocycles. The number of carbonyl (C=O) groups excluding carboxylic acids is 1. The normalized spacial score (nSPS) is 13.5. The molecule has 0 spiro atoms. The zero-order valence-electron chi connectivity index (χ0n) is 11.8. The maximum atomic E-state index is 12.2. The van der Waals surface area contributed by atoms with Gasteiger partial charge in [0.25, 0.3) is 5.91 Å². The van der Waals surface area contributed by atoms with E-state index >= 15 is 0 Å². The lowest BCUT2D eigenvalue weighted by atomic mass is 10.1. The molecule has 0 fully saturated rings. The molecule has 1 aliphatic rings. The maximum Gasteiger partial charge on any atom is 0.266 e. The Morgan fingerprint density at radius 2 is 2.23 bits per heavy atom. The molecule has 0 atom stereocenters. The molecule has 0 saturated heterocycles. The van der Waals surface area contributed by atoms with Gasteiger partial charge >= 0.3 is 0 Å². The fourth-order valence-corrected chi connectivity index (χ4v) is 3.65. The molecule has 0 unspecified atom stereocenters. The van der Waals surface area contributed by atoms with Crippen LogP contribution in [0.3, 0.4) is 0 Å². The molecule has 5 heteroatoms. The monoisotopic (exact) mass is 310 g/mol. The number of rotatable bonds is 3. The molecule has 4 nitrogen and oxygen atoms in total. The van der Waals surface area contributed by atoms with Crippen molar-refractivity contribution < 1.29 is 9.90 Å². The quantitative estimate of drug-likeness (QED) is 0.673. The van der Waals surface area contributed by atoms with E-state index in [2.05, 4.69) is 5.32 Å². The van der Waals surface area contributed by atoms with Crippen LogP contribution in [-0.2, 0) is 17.6 Å². The highest BCUT2D eigenvalue weighted by molar-refractivity contribution is 7.16. The Kier molecular flexibility index (Phi) is 3.94. The summed E-state index contributed by atoms with van der Waals surface area (Å²) in [4.78, 5) is 13.5. The Labute approximate surface area is 132 Å². The van der Waals surface area contributed by atoms with Crippen LogP contribution in [0.25, 0.3) is 6.08 Å². The standard InChI is InChI=1S/C17H14N2O2S/c18-10-13(7-11-3-1-5-14(20)8-11)17(21)19-16-9-12-4-2-6-15(12)22-16/h1,3,5,7-9,20H,2,4,6H2,(H,19,21)/b13-7+. The second kappa shape index (κ2) is 6.04. The number of nitriles is 1. The van der Waals surface area contributed by atoms with Crippen LogP contribution in [-0.4, -0.2) is 11.0 Å². The second-order valence-electron chi connectivity index (χ2n) is 5.13. The van der Waals surface area contributed by atoms with Gasteiger partial charge in [0.15, 0.2) is 0 Å². The first-order valence-electron chi connectivity index (χ1n) is 6.99. The van der Waals surface area contributed by atoms with Gasteiger partial charge in [-0.3, -0.25) is 4.79 Å². The summed E-state index contributed by atoms with van der Waals surface area (Å²) in [5.41, 5.74) is 1.93. The second-order valence-corrected chi connectivity index (χ2v) is 6.27. The first-order valence-corrected chi connectivity index (χ1v) is 7.81. The third kappa shape index (κ3) is 3.02. The van der Waals surface area contributed by atoms with Gasteiger partial charge < -0.3 is 10.4 Å². The van der Waals surface area contributed by atoms with Crippen molar-refractivity contribution in [2.24, 2.45) is 0 Å². The Bertz CT molecular complexity index is 778. The van der Waals surface area contributed by atoms with Crippen LogP contribution in [0.2, 0.25) is 0 Å². The van der Waals surface area contributed by atoms with Gasteiger partial charge in [-0.15, -0.1) is 11.3 Å². The number of thiophene rings is 1. The van der Waals surface area contributed by atoms with Crippen LogP contribution in [0.4, 0.5) is 5.00 Å². The van der Waals surface area contributed by atoms with E-state index in [1.165, 1.54) is 35.1 Å². The van der Waals surface area contributed by atoms with Crippen LogP contribution in [0.1, 0.15) is 22.4 Å². The van der Waals surface area contributed by atoms with Crippen molar-refractivity contribution in [2.75, 3.05) is 5.32 Å². The number of aryl methyl sites for hydroxylation is 2. The fourth-order valence-electron chi connectivity index (χ4n) is 2.50. The van der Waals surface area contributed by atoms with E-state index < -0.39 is 5.91 Å². The molecule has 22 heavy (non-hydrogen) atoms. The van der Waals surface area contributed by atoms with Crippen molar-refractivity contribution in [1.82, 2.24) is 0 Å². The average Bonchev–Trinajstić information content (AvgIpc) is 3.05. The van der Waals surface area contributed by atoms with E-state index in [1.807, 2.05) is 12.1 Å². The first kappa shape index (κ1) is 14.4. The van der Waals surface area contributed by atoms with Gasteiger partial charge in [-0.2, -0.15) is 5.26 Å². The number of nitrogens with zero attached hydrogens (tertiary/aromatic N) is 1. The summed E-state index contributed by atoms with van der Waals surface area (Å²) in [7, 11) is 0. The van der Waals surface area contributed by atoms with Gasteiger partial charge in [0.2, 0.25) is 0 Å². The van der Waals surface area contributed by atoms with Crippen molar-refractivity contribution in [3.8, 4) is 11.8 Å². The molecule has 0 bridgehead atoms. The number of fused-ring (bicyclic) bond motifs is 1. The lowest BCUT2D eigenvalue weighted by Crippen LogP contribution is -2.12. The number of phenols is 1. The smallest absolute Gasteiger partial charge is 0.266 e. The number of hydrogen-bond donors (Lipinski definition) is 2. The Hall–Kier alpha value is -2.58. The van der Waals surface area contributed by atoms with E-state index in [0.717, 1.165) is 17.8 Å². The Morgan fingerprint density at radius 3 is 2.95 bits per heavy atom. The van der Waals surface area contributed by atoms with Crippen LogP contribution in [0.15, 0.2) is 35.9 Å². The van der Waals surface area contributed by atoms with Crippen molar-refractivity contribution in [2.45, 2.75) is 19.3 Å². The highest BCUT2D eigenvalue weighted by atomic mass is 32.1. The lowest BCUT2D eigenvalue weighted by Gasteiger charge is -2.02. The van der Waals surface area contributed by atoms with Gasteiger partial charge in [-0.1, -0.05) is 12.1 Å². The number of aromatic hydroxyl groups is 1. The Balaban J connectivity index is 1.78. The van der Waals surface area contributed by atoms with Crippen LogP contribution in [0.5, 0.6) is 5.75 Å². The number of amides is 1. The SMILES string of the molecule is N#C/C(=C\c1cccc(O)c1)C(=O)Nc1cc2c(s1)CCC2. The molecule has 1 aromatic carbocycles. The van der Waals surface area contributed by atoms with Crippen molar-refractivity contribution in [3.63, 3.8) is 0 Å². The zero-order valence-corrected chi connectivity index (χ0v) is 12.6. The third-order valence-electron chi connectivity index (χ3n) is 3.53. The molecular weight excluding hydrogens is 296 g/mol. The van der Waals surface area contributed by atoms with Gasteiger partial charge in [0.1, 0.15) is 17.4 Å². The molecule has 2 aromatic rings. The van der Waals surface area contributed by atoms with Gasteiger partial charge in [0, 0.05) is 4.88 Å². The molecule has 0 aliphatic heterocycles. The summed E-state index contributed by atoms with van der Waals surface area (Å²) in [5, 5.41) is 22.2. The molecule has 1 aromatic heterocycles. The van der Waals surface area contributed by atoms with Crippen LogP contribution >= 0.6 is 11.3 Å². The highest BCUT2D eigenvalue weighted by Gasteiger charge is 2.17. The highest BCUT2D eigenvalue weighted by Crippen LogP contribution is 2.34. The fraction of sp³-hybridized carbons (Fsp3) is 0.176. The number of hydrogen-bond acceptors (Lipinski definition) is 4. The minimum atomic E-state index is -0.425. The van der Waals surface area contributed by atoms with Crippen LogP contribution < -0.4 is 5.32 Å². The van der Waals surface area contributed by atoms with Crippen molar-refractivity contribution >= 4 is 28.3 Å². The molecule has 0 radical (unpaired) electrons. The number of anilines is 1. The maximum absolute atomic E-state index is 12.2. The summed E-state index contributed by atoms with van der Waals surface area (Å²) >= 11 is 1.58. The van der Waals surface area contributed by atoms with E-state index in [9.17, 15) is 15.2 Å². The van der Waals surface area contributed by atoms with E-state index in [-0.39, 0.29) is 11.3 Å². The summed E-state index contributed by atoms with van der Waals surface area (Å²) < 4.78 is 0. The lowest BCUT2D eigenvalue weighted by molar-refractivity contribution is -0.112. The zero-order chi connectivity index (χ0) is 15.5. The summed E-state index contributed by atoms with van der Waals surface area (Å²) in [5.74, 6) is -0.327. The van der Waals surface area contributed by atoms with E-state index in [0.29, 0.717) is 5.56 Å². The van der Waals surface area contributed by atoms with Crippen LogP contribution in [0, 0.1) is 11.3 Å². The number of nitrogens with one attached hydrogen (secondary N) is 1. The summed E-state index contributed by atoms with van der Waals surface area (Å²) in [6, 6.07) is 10.3. The molecule has 110 valence electrons. The van der Waals surface area contributed by atoms with Gasteiger partial charge in [-0.25, -0.2) is 0 Å². The molecule has 2 N–H and O–H groups in total. The Morgan fingerprint density at radius 1 is 1.36 bits per heavy atom. The van der Waals surface area contributed by atoms with Crippen molar-refractivity contribution in [1.29, 1.82) is 5.26 Å². The minimum absolute atomic E-state index is 0.0131. The molecule has 1 aliphatic carbocycles.